The summed E-state index contributed by atoms with van der Waals surface area (Å²) in [6.07, 6.45) is -0.548. The van der Waals surface area contributed by atoms with Crippen molar-refractivity contribution in [3.63, 3.8) is 0 Å². The molecule has 0 spiro atoms. The summed E-state index contributed by atoms with van der Waals surface area (Å²) in [6, 6.07) is 3.82. The standard InChI is InChI=1S/C45H74N6O11/c1-13-28(6)39(50(10)44(58)37(26(2)3)48-43(57)38(27(4)5)49(8)9)34(61-11)25-35(52)51-23-17-20-33(51)40(62-12)29(7)41(55)47-32(24-30-18-15-14-16-19-30)42(56)46-31(45(59)60)21-22-36(53)54/h14-16,18-19,26-29,31-34,37-40H,13,17,20-25H2,1-12H3,(H,46,56)(H,47,55)(H,48,57)(H,53,54)(H,59,60)/t28?,29?,31?,32?,33?,34?,37-,38?,39?,40?/m0/s1. The van der Waals surface area contributed by atoms with Crippen LogP contribution in [0.5, 0.6) is 0 Å². The Morgan fingerprint density at radius 1 is 0.823 bits per heavy atom. The van der Waals surface area contributed by atoms with E-state index >= 15 is 0 Å². The Bertz CT molecular complexity index is 1630. The fraction of sp³-hybridized carbons (Fsp3) is 0.711. The van der Waals surface area contributed by atoms with Gasteiger partial charge in [0.2, 0.25) is 29.5 Å². The van der Waals surface area contributed by atoms with E-state index in [-0.39, 0.29) is 54.7 Å². The van der Waals surface area contributed by atoms with Gasteiger partial charge in [0.05, 0.1) is 42.7 Å². The second-order valence-corrected chi connectivity index (χ2v) is 17.6. The summed E-state index contributed by atoms with van der Waals surface area (Å²) >= 11 is 0. The Morgan fingerprint density at radius 2 is 1.44 bits per heavy atom. The summed E-state index contributed by atoms with van der Waals surface area (Å²) in [5, 5.41) is 27.0. The topological polar surface area (TPSA) is 224 Å². The lowest BCUT2D eigenvalue weighted by Crippen LogP contribution is -2.59. The maximum atomic E-state index is 14.3. The van der Waals surface area contributed by atoms with E-state index in [0.717, 1.165) is 0 Å². The van der Waals surface area contributed by atoms with Gasteiger partial charge in [-0.05, 0) is 56.7 Å². The molecule has 62 heavy (non-hydrogen) atoms. The first-order chi connectivity index (χ1) is 29.1. The van der Waals surface area contributed by atoms with E-state index in [1.54, 1.807) is 54.1 Å². The van der Waals surface area contributed by atoms with Gasteiger partial charge in [-0.2, -0.15) is 0 Å². The Labute approximate surface area is 368 Å². The first-order valence-electron chi connectivity index (χ1n) is 21.8. The number of likely N-dealkylation sites (tertiary alicyclic amines) is 1. The highest BCUT2D eigenvalue weighted by Gasteiger charge is 2.43. The molecule has 0 bridgehead atoms. The fourth-order valence-electron chi connectivity index (χ4n) is 8.57. The minimum Gasteiger partial charge on any atom is -0.481 e. The molecule has 1 aliphatic heterocycles. The van der Waals surface area contributed by atoms with Crippen molar-refractivity contribution >= 4 is 41.5 Å². The highest BCUT2D eigenvalue weighted by molar-refractivity contribution is 5.92. The summed E-state index contributed by atoms with van der Waals surface area (Å²) < 4.78 is 11.9. The molecule has 5 N–H and O–H groups in total. The SMILES string of the molecule is CCC(C)C(C(CC(=O)N1CCCC1C(OC)C(C)C(=O)NC(Cc1ccccc1)C(=O)NC(CCC(=O)O)C(=O)O)OC)N(C)C(=O)[C@@H](NC(=O)C(C(C)C)N(C)C)C(C)C. The molecule has 2 rings (SSSR count). The predicted octanol–water partition coefficient (Wildman–Crippen LogP) is 2.80. The van der Waals surface area contributed by atoms with Crippen LogP contribution in [-0.2, 0) is 49.5 Å². The number of hydrogen-bond donors (Lipinski definition) is 5. The van der Waals surface area contributed by atoms with E-state index in [9.17, 15) is 38.7 Å². The highest BCUT2D eigenvalue weighted by Crippen LogP contribution is 2.30. The van der Waals surface area contributed by atoms with Crippen molar-refractivity contribution in [2.24, 2.45) is 23.7 Å². The van der Waals surface area contributed by atoms with E-state index in [2.05, 4.69) is 16.0 Å². The maximum Gasteiger partial charge on any atom is 0.326 e. The van der Waals surface area contributed by atoms with Crippen LogP contribution in [0.4, 0.5) is 0 Å². The van der Waals surface area contributed by atoms with E-state index in [0.29, 0.717) is 31.4 Å². The van der Waals surface area contributed by atoms with Gasteiger partial charge in [-0.3, -0.25) is 33.7 Å². The molecule has 0 radical (unpaired) electrons. The average Bonchev–Trinajstić information content (AvgIpc) is 3.70. The van der Waals surface area contributed by atoms with Crippen molar-refractivity contribution in [2.75, 3.05) is 41.9 Å². The number of likely N-dealkylation sites (N-methyl/N-ethyl adjacent to an activating group) is 2. The zero-order valence-electron chi connectivity index (χ0n) is 38.9. The third-order valence-corrected chi connectivity index (χ3v) is 12.1. The number of rotatable bonds is 26. The molecular weight excluding hydrogens is 801 g/mol. The van der Waals surface area contributed by atoms with E-state index in [1.165, 1.54) is 14.2 Å². The van der Waals surface area contributed by atoms with Crippen LogP contribution in [0, 0.1) is 23.7 Å². The number of methoxy groups -OCH3 is 2. The number of nitrogens with zero attached hydrogens (tertiary/aromatic N) is 3. The third-order valence-electron chi connectivity index (χ3n) is 12.1. The largest absolute Gasteiger partial charge is 0.481 e. The van der Waals surface area contributed by atoms with Crippen LogP contribution in [-0.4, -0.2) is 157 Å². The number of ether oxygens (including phenoxy) is 2. The molecule has 1 fully saturated rings. The van der Waals surface area contributed by atoms with Gasteiger partial charge in [0.1, 0.15) is 18.1 Å². The van der Waals surface area contributed by atoms with Gasteiger partial charge in [-0.25, -0.2) is 4.79 Å². The smallest absolute Gasteiger partial charge is 0.326 e. The number of nitrogens with one attached hydrogen (secondary N) is 3. The van der Waals surface area contributed by atoms with E-state index in [1.807, 2.05) is 60.5 Å². The predicted molar refractivity (Wildman–Crippen MR) is 234 cm³/mol. The summed E-state index contributed by atoms with van der Waals surface area (Å²) in [5.74, 6) is -5.95. The monoisotopic (exact) mass is 875 g/mol. The van der Waals surface area contributed by atoms with Crippen molar-refractivity contribution in [2.45, 2.75) is 142 Å². The lowest BCUT2D eigenvalue weighted by Gasteiger charge is -2.41. The molecule has 10 atom stereocenters. The zero-order valence-corrected chi connectivity index (χ0v) is 38.9. The first-order valence-corrected chi connectivity index (χ1v) is 21.8. The van der Waals surface area contributed by atoms with Gasteiger partial charge in [0.15, 0.2) is 0 Å². The Morgan fingerprint density at radius 3 is 1.94 bits per heavy atom. The van der Waals surface area contributed by atoms with Gasteiger partial charge in [0.25, 0.3) is 0 Å². The second kappa shape index (κ2) is 25.5. The third kappa shape index (κ3) is 15.0. The molecule has 17 heteroatoms. The molecule has 5 amide bonds. The maximum absolute atomic E-state index is 14.3. The molecule has 17 nitrogen and oxygen atoms in total. The van der Waals surface area contributed by atoms with Crippen molar-refractivity contribution in [1.29, 1.82) is 0 Å². The molecule has 1 aromatic carbocycles. The molecular formula is C45H74N6O11. The number of hydrogen-bond acceptors (Lipinski definition) is 10. The number of carbonyl (C=O) groups excluding carboxylic acids is 5. The fourth-order valence-corrected chi connectivity index (χ4v) is 8.57. The van der Waals surface area contributed by atoms with Gasteiger partial charge >= 0.3 is 11.9 Å². The van der Waals surface area contributed by atoms with Gasteiger partial charge < -0.3 is 45.4 Å². The molecule has 0 saturated carbocycles. The second-order valence-electron chi connectivity index (χ2n) is 17.6. The zero-order chi connectivity index (χ0) is 47.0. The number of carbonyl (C=O) groups is 7. The van der Waals surface area contributed by atoms with Crippen LogP contribution in [0.1, 0.15) is 92.6 Å². The Balaban J connectivity index is 2.34. The van der Waals surface area contributed by atoms with Crippen LogP contribution >= 0.6 is 0 Å². The lowest BCUT2D eigenvalue weighted by atomic mass is 9.89. The molecule has 0 aromatic heterocycles. The van der Waals surface area contributed by atoms with Gasteiger partial charge in [-0.1, -0.05) is 85.2 Å². The van der Waals surface area contributed by atoms with E-state index in [4.69, 9.17) is 14.6 Å². The van der Waals surface area contributed by atoms with Crippen LogP contribution in [0.2, 0.25) is 0 Å². The number of aliphatic carboxylic acids is 2. The molecule has 1 saturated heterocycles. The highest BCUT2D eigenvalue weighted by atomic mass is 16.5. The quantitative estimate of drug-likeness (QED) is 0.0907. The first kappa shape index (κ1) is 53.5. The van der Waals surface area contributed by atoms with Crippen LogP contribution < -0.4 is 16.0 Å². The Hall–Kier alpha value is -4.61. The molecule has 1 aromatic rings. The molecule has 350 valence electrons. The normalized spacial score (nSPS) is 18.5. The molecule has 1 aliphatic rings. The van der Waals surface area contributed by atoms with Crippen molar-refractivity contribution in [3.05, 3.63) is 35.9 Å². The Kier molecular flexibility index (Phi) is 22.0. The lowest BCUT2D eigenvalue weighted by molar-refractivity contribution is -0.148. The number of benzene rings is 1. The molecule has 1 heterocycles. The minimum atomic E-state index is -1.49. The summed E-state index contributed by atoms with van der Waals surface area (Å²) in [4.78, 5) is 97.9. The van der Waals surface area contributed by atoms with Crippen molar-refractivity contribution in [3.8, 4) is 0 Å². The van der Waals surface area contributed by atoms with Crippen molar-refractivity contribution < 1.29 is 53.2 Å². The van der Waals surface area contributed by atoms with Crippen molar-refractivity contribution in [1.82, 2.24) is 30.7 Å². The summed E-state index contributed by atoms with van der Waals surface area (Å²) in [6.45, 7) is 13.7. The average molecular weight is 875 g/mol. The van der Waals surface area contributed by atoms with E-state index < -0.39 is 84.6 Å². The van der Waals surface area contributed by atoms with Gasteiger partial charge in [0, 0.05) is 40.7 Å². The summed E-state index contributed by atoms with van der Waals surface area (Å²) in [7, 11) is 8.31. The number of amides is 5. The molecule has 0 aliphatic carbocycles. The number of carboxylic acid groups (broad SMARTS) is 2. The van der Waals surface area contributed by atoms with Crippen LogP contribution in [0.25, 0.3) is 0 Å². The van der Waals surface area contributed by atoms with Crippen LogP contribution in [0.3, 0.4) is 0 Å². The van der Waals surface area contributed by atoms with Gasteiger partial charge in [-0.15, -0.1) is 0 Å². The number of carboxylic acids is 2. The summed E-state index contributed by atoms with van der Waals surface area (Å²) in [5.41, 5.74) is 0.693. The minimum absolute atomic E-state index is 0.00611. The molecule has 9 unspecified atom stereocenters. The van der Waals surface area contributed by atoms with Crippen LogP contribution in [0.15, 0.2) is 30.3 Å².